The second-order valence-corrected chi connectivity index (χ2v) is 5.84. The molecule has 0 aliphatic rings. The van der Waals surface area contributed by atoms with Crippen LogP contribution >= 0.6 is 0 Å². The van der Waals surface area contributed by atoms with Crippen LogP contribution in [0.25, 0.3) is 0 Å². The van der Waals surface area contributed by atoms with E-state index < -0.39 is 17.7 Å². The van der Waals surface area contributed by atoms with Crippen LogP contribution in [0.15, 0.2) is 0 Å². The van der Waals surface area contributed by atoms with E-state index in [9.17, 15) is 14.4 Å². The molecule has 0 rings (SSSR count). The average molecular weight is 285 g/mol. The SMILES string of the molecule is CC(C)C(CCCC(N)=O)C(C(N)=O)C(C)CC(N)=O. The van der Waals surface area contributed by atoms with Gasteiger partial charge in [-0.2, -0.15) is 0 Å². The third kappa shape index (κ3) is 6.54. The molecule has 0 aromatic heterocycles. The fourth-order valence-corrected chi connectivity index (χ4v) is 2.80. The van der Waals surface area contributed by atoms with Crippen molar-refractivity contribution in [3.8, 4) is 0 Å². The van der Waals surface area contributed by atoms with Gasteiger partial charge in [-0.05, 0) is 30.6 Å². The highest BCUT2D eigenvalue weighted by Crippen LogP contribution is 2.33. The molecule has 6 nitrogen and oxygen atoms in total. The topological polar surface area (TPSA) is 129 Å². The zero-order valence-electron chi connectivity index (χ0n) is 12.6. The largest absolute Gasteiger partial charge is 0.370 e. The highest BCUT2D eigenvalue weighted by molar-refractivity contribution is 5.79. The molecule has 116 valence electrons. The lowest BCUT2D eigenvalue weighted by Crippen LogP contribution is -2.38. The average Bonchev–Trinajstić information content (AvgIpc) is 2.24. The van der Waals surface area contributed by atoms with E-state index >= 15 is 0 Å². The molecule has 0 spiro atoms. The van der Waals surface area contributed by atoms with Gasteiger partial charge in [-0.1, -0.05) is 20.8 Å². The standard InChI is InChI=1S/C14H27N3O3/c1-8(2)10(5-4-6-11(15)18)13(14(17)20)9(3)7-12(16)19/h8-10,13H,4-7H2,1-3H3,(H2,15,18)(H2,16,19)(H2,17,20). The van der Waals surface area contributed by atoms with Gasteiger partial charge in [0.1, 0.15) is 0 Å². The number of carbonyl (C=O) groups is 3. The van der Waals surface area contributed by atoms with Crippen LogP contribution in [0.3, 0.4) is 0 Å². The van der Waals surface area contributed by atoms with E-state index in [4.69, 9.17) is 17.2 Å². The molecule has 3 amide bonds. The van der Waals surface area contributed by atoms with E-state index in [1.54, 1.807) is 0 Å². The number of rotatable bonds is 10. The Bertz CT molecular complexity index is 356. The van der Waals surface area contributed by atoms with Gasteiger partial charge in [0.15, 0.2) is 0 Å². The first-order valence-corrected chi connectivity index (χ1v) is 7.02. The molecule has 3 atom stereocenters. The quantitative estimate of drug-likeness (QED) is 0.541. The van der Waals surface area contributed by atoms with Gasteiger partial charge in [0.2, 0.25) is 17.7 Å². The highest BCUT2D eigenvalue weighted by Gasteiger charge is 2.33. The van der Waals surface area contributed by atoms with Gasteiger partial charge in [-0.15, -0.1) is 0 Å². The molecule has 0 saturated carbocycles. The number of hydrogen-bond donors (Lipinski definition) is 3. The molecule has 0 bridgehead atoms. The molecular formula is C14H27N3O3. The van der Waals surface area contributed by atoms with Gasteiger partial charge < -0.3 is 17.2 Å². The van der Waals surface area contributed by atoms with Crippen molar-refractivity contribution < 1.29 is 14.4 Å². The van der Waals surface area contributed by atoms with Gasteiger partial charge in [-0.25, -0.2) is 0 Å². The van der Waals surface area contributed by atoms with E-state index in [2.05, 4.69) is 0 Å². The summed E-state index contributed by atoms with van der Waals surface area (Å²) in [6.45, 7) is 5.81. The smallest absolute Gasteiger partial charge is 0.221 e. The maximum Gasteiger partial charge on any atom is 0.221 e. The maximum atomic E-state index is 11.7. The van der Waals surface area contributed by atoms with Gasteiger partial charge in [0.05, 0.1) is 0 Å². The molecule has 0 aromatic carbocycles. The summed E-state index contributed by atoms with van der Waals surface area (Å²) in [7, 11) is 0. The van der Waals surface area contributed by atoms with Crippen molar-refractivity contribution in [2.75, 3.05) is 0 Å². The lowest BCUT2D eigenvalue weighted by molar-refractivity contribution is -0.127. The van der Waals surface area contributed by atoms with Gasteiger partial charge in [0.25, 0.3) is 0 Å². The van der Waals surface area contributed by atoms with Crippen molar-refractivity contribution in [2.24, 2.45) is 40.9 Å². The van der Waals surface area contributed by atoms with Crippen LogP contribution in [-0.2, 0) is 14.4 Å². The summed E-state index contributed by atoms with van der Waals surface area (Å²) in [4.78, 5) is 33.6. The molecule has 0 saturated heterocycles. The summed E-state index contributed by atoms with van der Waals surface area (Å²) in [6.07, 6.45) is 1.72. The Morgan fingerprint density at radius 1 is 0.950 bits per heavy atom. The Hall–Kier alpha value is -1.59. The Morgan fingerprint density at radius 3 is 1.85 bits per heavy atom. The summed E-state index contributed by atoms with van der Waals surface area (Å²) in [5.74, 6) is -1.61. The molecule has 0 fully saturated rings. The molecule has 0 aliphatic heterocycles. The molecular weight excluding hydrogens is 258 g/mol. The summed E-state index contributed by atoms with van der Waals surface area (Å²) >= 11 is 0. The zero-order chi connectivity index (χ0) is 15.9. The minimum atomic E-state index is -0.441. The number of amides is 3. The number of nitrogens with two attached hydrogens (primary N) is 3. The fourth-order valence-electron chi connectivity index (χ4n) is 2.80. The third-order valence-electron chi connectivity index (χ3n) is 3.74. The second-order valence-electron chi connectivity index (χ2n) is 5.84. The Morgan fingerprint density at radius 2 is 1.50 bits per heavy atom. The Labute approximate surface area is 120 Å². The first-order chi connectivity index (χ1) is 9.16. The van der Waals surface area contributed by atoms with E-state index in [0.717, 1.165) is 0 Å². The lowest BCUT2D eigenvalue weighted by atomic mass is 9.72. The number of carbonyl (C=O) groups excluding carboxylic acids is 3. The van der Waals surface area contributed by atoms with Crippen molar-refractivity contribution in [1.29, 1.82) is 0 Å². The van der Waals surface area contributed by atoms with Crippen LogP contribution in [0.5, 0.6) is 0 Å². The van der Waals surface area contributed by atoms with Crippen LogP contribution in [0.4, 0.5) is 0 Å². The number of hydrogen-bond acceptors (Lipinski definition) is 3. The van der Waals surface area contributed by atoms with Crippen molar-refractivity contribution in [1.82, 2.24) is 0 Å². The van der Waals surface area contributed by atoms with E-state index in [0.29, 0.717) is 19.3 Å². The van der Waals surface area contributed by atoms with Crippen LogP contribution in [-0.4, -0.2) is 17.7 Å². The molecule has 0 heterocycles. The fraction of sp³-hybridized carbons (Fsp3) is 0.786. The first kappa shape index (κ1) is 18.4. The predicted octanol–water partition coefficient (Wildman–Crippen LogP) is 0.527. The summed E-state index contributed by atoms with van der Waals surface area (Å²) in [5.41, 5.74) is 15.8. The van der Waals surface area contributed by atoms with E-state index in [1.807, 2.05) is 20.8 Å². The van der Waals surface area contributed by atoms with Crippen LogP contribution in [0, 0.1) is 23.7 Å². The van der Waals surface area contributed by atoms with Crippen LogP contribution < -0.4 is 17.2 Å². The van der Waals surface area contributed by atoms with Gasteiger partial charge in [-0.3, -0.25) is 14.4 Å². The van der Waals surface area contributed by atoms with Crippen molar-refractivity contribution in [3.05, 3.63) is 0 Å². The highest BCUT2D eigenvalue weighted by atomic mass is 16.2. The first-order valence-electron chi connectivity index (χ1n) is 7.02. The lowest BCUT2D eigenvalue weighted by Gasteiger charge is -2.32. The molecule has 6 N–H and O–H groups in total. The van der Waals surface area contributed by atoms with E-state index in [-0.39, 0.29) is 30.1 Å². The second kappa shape index (κ2) is 8.55. The van der Waals surface area contributed by atoms with Gasteiger partial charge in [0, 0.05) is 18.8 Å². The predicted molar refractivity (Wildman–Crippen MR) is 77.0 cm³/mol. The number of primary amides is 3. The molecule has 0 radical (unpaired) electrons. The van der Waals surface area contributed by atoms with Crippen molar-refractivity contribution in [2.45, 2.75) is 46.5 Å². The van der Waals surface area contributed by atoms with Crippen molar-refractivity contribution in [3.63, 3.8) is 0 Å². The minimum absolute atomic E-state index is 0.0150. The molecule has 0 aromatic rings. The van der Waals surface area contributed by atoms with E-state index in [1.165, 1.54) is 0 Å². The van der Waals surface area contributed by atoms with Crippen LogP contribution in [0.2, 0.25) is 0 Å². The normalized spacial score (nSPS) is 15.6. The third-order valence-corrected chi connectivity index (χ3v) is 3.74. The molecule has 20 heavy (non-hydrogen) atoms. The summed E-state index contributed by atoms with van der Waals surface area (Å²) < 4.78 is 0. The molecule has 6 heteroatoms. The van der Waals surface area contributed by atoms with Crippen molar-refractivity contribution >= 4 is 17.7 Å². The van der Waals surface area contributed by atoms with Crippen LogP contribution in [0.1, 0.15) is 46.5 Å². The monoisotopic (exact) mass is 285 g/mol. The maximum absolute atomic E-state index is 11.7. The summed E-state index contributed by atoms with van der Waals surface area (Å²) in [5, 5.41) is 0. The zero-order valence-corrected chi connectivity index (χ0v) is 12.6. The van der Waals surface area contributed by atoms with Gasteiger partial charge >= 0.3 is 0 Å². The Balaban J connectivity index is 4.90. The minimum Gasteiger partial charge on any atom is -0.370 e. The molecule has 0 aliphatic carbocycles. The Kier molecular flexibility index (Phi) is 7.87. The summed E-state index contributed by atoms with van der Waals surface area (Å²) in [6, 6.07) is 0. The molecule has 3 unspecified atom stereocenters.